The molecule has 1 saturated carbocycles. The third-order valence-corrected chi connectivity index (χ3v) is 6.68. The van der Waals surface area contributed by atoms with E-state index >= 15 is 0 Å². The monoisotopic (exact) mass is 507 g/mol. The number of ether oxygens (including phenoxy) is 3. The minimum atomic E-state index is -0.936. The summed E-state index contributed by atoms with van der Waals surface area (Å²) in [7, 11) is 2.40. The number of hydrogen-bond donors (Lipinski definition) is 1. The highest BCUT2D eigenvalue weighted by molar-refractivity contribution is 6.32. The van der Waals surface area contributed by atoms with Gasteiger partial charge in [-0.05, 0) is 49.4 Å². The normalized spacial score (nSPS) is 18.2. The number of nitriles is 1. The van der Waals surface area contributed by atoms with Gasteiger partial charge in [-0.2, -0.15) is 5.26 Å². The summed E-state index contributed by atoms with van der Waals surface area (Å²) in [6.07, 6.45) is 4.24. The molecule has 2 aromatic carbocycles. The van der Waals surface area contributed by atoms with E-state index in [2.05, 4.69) is 6.07 Å². The van der Waals surface area contributed by atoms with Crippen LogP contribution in [0.1, 0.15) is 37.2 Å². The molecule has 8 nitrogen and oxygen atoms in total. The van der Waals surface area contributed by atoms with Crippen LogP contribution in [0.4, 0.5) is 5.69 Å². The molecule has 2 aromatic rings. The predicted molar refractivity (Wildman–Crippen MR) is 134 cm³/mol. The lowest BCUT2D eigenvalue weighted by Gasteiger charge is -2.36. The molecule has 0 radical (unpaired) electrons. The Morgan fingerprint density at radius 2 is 1.72 bits per heavy atom. The van der Waals surface area contributed by atoms with Crippen molar-refractivity contribution >= 4 is 29.2 Å². The van der Waals surface area contributed by atoms with Crippen LogP contribution in [0.25, 0.3) is 0 Å². The molecule has 1 unspecified atom stereocenters. The molecule has 9 heteroatoms. The van der Waals surface area contributed by atoms with E-state index in [1.54, 1.807) is 48.5 Å². The maximum atomic E-state index is 13.1. The number of nitrogens with two attached hydrogens (primary N) is 1. The molecule has 1 fully saturated rings. The van der Waals surface area contributed by atoms with Crippen molar-refractivity contribution in [3.05, 3.63) is 81.8 Å². The van der Waals surface area contributed by atoms with Crippen molar-refractivity contribution in [1.29, 1.82) is 5.26 Å². The lowest BCUT2D eigenvalue weighted by atomic mass is 9.81. The average molecular weight is 508 g/mol. The second-order valence-corrected chi connectivity index (χ2v) is 8.88. The highest BCUT2D eigenvalue weighted by atomic mass is 35.5. The van der Waals surface area contributed by atoms with Gasteiger partial charge in [0, 0.05) is 5.69 Å². The van der Waals surface area contributed by atoms with E-state index in [0.29, 0.717) is 22.0 Å². The third kappa shape index (κ3) is 4.62. The van der Waals surface area contributed by atoms with Crippen molar-refractivity contribution in [2.45, 2.75) is 37.7 Å². The van der Waals surface area contributed by atoms with Crippen LogP contribution in [0.15, 0.2) is 71.2 Å². The standard InChI is InChI=1S/C27H26ClN3O5/c1-34-26(32)23-22(16-8-4-3-5-9-16)19(15-29)25(30)31(24(23)27(33)35-2)17-12-13-21(20(28)14-17)36-18-10-6-7-11-18/h3-5,8-9,12-14,18,22H,6-7,10-11,30H2,1-2H3. The summed E-state index contributed by atoms with van der Waals surface area (Å²) in [5.41, 5.74) is 7.33. The van der Waals surface area contributed by atoms with Crippen LogP contribution < -0.4 is 15.4 Å². The molecule has 0 saturated heterocycles. The fourth-order valence-corrected chi connectivity index (χ4v) is 4.91. The average Bonchev–Trinajstić information content (AvgIpc) is 3.42. The number of anilines is 1. The van der Waals surface area contributed by atoms with E-state index in [1.165, 1.54) is 19.1 Å². The Balaban J connectivity index is 1.90. The SMILES string of the molecule is COC(=O)C1=C(C(=O)OC)N(c2ccc(OC3CCCC3)c(Cl)c2)C(N)=C(C#N)C1c1ccccc1. The minimum absolute atomic E-state index is 0.0278. The van der Waals surface area contributed by atoms with Crippen LogP contribution in [0, 0.1) is 11.3 Å². The molecule has 2 N–H and O–H groups in total. The van der Waals surface area contributed by atoms with Crippen LogP contribution in [-0.2, 0) is 19.1 Å². The minimum Gasteiger partial charge on any atom is -0.489 e. The van der Waals surface area contributed by atoms with Gasteiger partial charge in [0.2, 0.25) is 0 Å². The molecule has 2 aliphatic rings. The van der Waals surface area contributed by atoms with Gasteiger partial charge in [0.1, 0.15) is 17.3 Å². The number of carbonyl (C=O) groups excluding carboxylic acids is 2. The van der Waals surface area contributed by atoms with Crippen molar-refractivity contribution in [3.8, 4) is 11.8 Å². The van der Waals surface area contributed by atoms with Crippen molar-refractivity contribution in [2.75, 3.05) is 19.1 Å². The topological polar surface area (TPSA) is 115 Å². The second kappa shape index (κ2) is 10.8. The number of benzene rings is 2. The second-order valence-electron chi connectivity index (χ2n) is 8.47. The highest BCUT2D eigenvalue weighted by Crippen LogP contribution is 2.44. The molecule has 1 atom stereocenters. The number of carbonyl (C=O) groups is 2. The predicted octanol–water partition coefficient (Wildman–Crippen LogP) is 4.56. The quantitative estimate of drug-likeness (QED) is 0.566. The van der Waals surface area contributed by atoms with Gasteiger partial charge in [0.05, 0.1) is 48.5 Å². The van der Waals surface area contributed by atoms with E-state index in [9.17, 15) is 14.9 Å². The molecule has 0 spiro atoms. The van der Waals surface area contributed by atoms with Gasteiger partial charge in [-0.25, -0.2) is 9.59 Å². The summed E-state index contributed by atoms with van der Waals surface area (Å²) in [5.74, 6) is -2.07. The zero-order chi connectivity index (χ0) is 25.8. The van der Waals surface area contributed by atoms with E-state index in [-0.39, 0.29) is 28.8 Å². The van der Waals surface area contributed by atoms with Crippen LogP contribution in [0.5, 0.6) is 5.75 Å². The summed E-state index contributed by atoms with van der Waals surface area (Å²) in [6, 6.07) is 15.9. The van der Waals surface area contributed by atoms with Crippen LogP contribution in [-0.4, -0.2) is 32.3 Å². The van der Waals surface area contributed by atoms with Crippen LogP contribution in [0.2, 0.25) is 5.02 Å². The first-order chi connectivity index (χ1) is 17.4. The maximum Gasteiger partial charge on any atom is 0.355 e. The molecule has 0 bridgehead atoms. The smallest absolute Gasteiger partial charge is 0.355 e. The maximum absolute atomic E-state index is 13.1. The zero-order valence-electron chi connectivity index (χ0n) is 20.0. The Labute approximate surface area is 214 Å². The van der Waals surface area contributed by atoms with Crippen molar-refractivity contribution in [3.63, 3.8) is 0 Å². The summed E-state index contributed by atoms with van der Waals surface area (Å²) >= 11 is 6.56. The van der Waals surface area contributed by atoms with E-state index in [4.69, 9.17) is 31.5 Å². The number of halogens is 1. The first-order valence-electron chi connectivity index (χ1n) is 11.5. The molecule has 4 rings (SSSR count). The molecule has 186 valence electrons. The number of rotatable bonds is 6. The van der Waals surface area contributed by atoms with Crippen LogP contribution >= 0.6 is 11.6 Å². The number of hydrogen-bond acceptors (Lipinski definition) is 8. The molecule has 0 aromatic heterocycles. The molecular weight excluding hydrogens is 482 g/mol. The lowest BCUT2D eigenvalue weighted by molar-refractivity contribution is -0.139. The number of methoxy groups -OCH3 is 2. The number of allylic oxidation sites excluding steroid dienone is 1. The van der Waals surface area contributed by atoms with Crippen molar-refractivity contribution in [2.24, 2.45) is 5.73 Å². The Bertz CT molecular complexity index is 1280. The molecule has 36 heavy (non-hydrogen) atoms. The molecule has 1 aliphatic carbocycles. The Morgan fingerprint density at radius 1 is 1.06 bits per heavy atom. The summed E-state index contributed by atoms with van der Waals surface area (Å²) in [5, 5.41) is 10.4. The molecule has 0 amide bonds. The molecule has 1 heterocycles. The van der Waals surface area contributed by atoms with Gasteiger partial charge in [-0.3, -0.25) is 4.90 Å². The van der Waals surface area contributed by atoms with Gasteiger partial charge in [-0.1, -0.05) is 41.9 Å². The summed E-state index contributed by atoms with van der Waals surface area (Å²) < 4.78 is 16.1. The zero-order valence-corrected chi connectivity index (χ0v) is 20.7. The Hall–Kier alpha value is -3.96. The first-order valence-corrected chi connectivity index (χ1v) is 11.9. The fraction of sp³-hybridized carbons (Fsp3) is 0.296. The van der Waals surface area contributed by atoms with E-state index < -0.39 is 17.9 Å². The molecular formula is C27H26ClN3O5. The van der Waals surface area contributed by atoms with Crippen LogP contribution in [0.3, 0.4) is 0 Å². The largest absolute Gasteiger partial charge is 0.489 e. The Morgan fingerprint density at radius 3 is 2.31 bits per heavy atom. The number of esters is 2. The van der Waals surface area contributed by atoms with Gasteiger partial charge in [0.15, 0.2) is 0 Å². The van der Waals surface area contributed by atoms with Gasteiger partial charge in [0.25, 0.3) is 0 Å². The van der Waals surface area contributed by atoms with E-state index in [0.717, 1.165) is 25.7 Å². The first kappa shape index (κ1) is 25.1. The third-order valence-electron chi connectivity index (χ3n) is 6.38. The molecule has 1 aliphatic heterocycles. The van der Waals surface area contributed by atoms with E-state index in [1.807, 2.05) is 0 Å². The highest BCUT2D eigenvalue weighted by Gasteiger charge is 2.43. The summed E-state index contributed by atoms with van der Waals surface area (Å²) in [6.45, 7) is 0. The summed E-state index contributed by atoms with van der Waals surface area (Å²) in [4.78, 5) is 27.5. The number of nitrogens with zero attached hydrogens (tertiary/aromatic N) is 2. The fourth-order valence-electron chi connectivity index (χ4n) is 4.69. The van der Waals surface area contributed by atoms with Crippen molar-refractivity contribution < 1.29 is 23.8 Å². The van der Waals surface area contributed by atoms with Gasteiger partial charge < -0.3 is 19.9 Å². The Kier molecular flexibility index (Phi) is 7.51. The lowest BCUT2D eigenvalue weighted by Crippen LogP contribution is -2.40. The van der Waals surface area contributed by atoms with Gasteiger partial charge in [-0.15, -0.1) is 0 Å². The van der Waals surface area contributed by atoms with Gasteiger partial charge >= 0.3 is 11.9 Å². The van der Waals surface area contributed by atoms with Crippen molar-refractivity contribution in [1.82, 2.24) is 0 Å².